The number of carbonyl (C=O) groups is 1. The van der Waals surface area contributed by atoms with Crippen LogP contribution >= 0.6 is 11.3 Å². The van der Waals surface area contributed by atoms with Crippen molar-refractivity contribution in [3.05, 3.63) is 16.3 Å². The van der Waals surface area contributed by atoms with Crippen molar-refractivity contribution in [2.75, 3.05) is 0 Å². The van der Waals surface area contributed by atoms with Gasteiger partial charge in [-0.2, -0.15) is 0 Å². The molecule has 0 aliphatic heterocycles. The minimum atomic E-state index is -0.894. The highest BCUT2D eigenvalue weighted by Gasteiger charge is 2.22. The van der Waals surface area contributed by atoms with Crippen LogP contribution in [0, 0.1) is 5.92 Å². The van der Waals surface area contributed by atoms with Gasteiger partial charge in [0, 0.05) is 0 Å². The SMILES string of the molecule is CC1CCC(Oc2ccsc2C(=O)O)CC1. The van der Waals surface area contributed by atoms with Gasteiger partial charge in [0.1, 0.15) is 5.75 Å². The van der Waals surface area contributed by atoms with Crippen molar-refractivity contribution < 1.29 is 14.6 Å². The number of aromatic carboxylic acids is 1. The van der Waals surface area contributed by atoms with Crippen molar-refractivity contribution in [1.29, 1.82) is 0 Å². The summed E-state index contributed by atoms with van der Waals surface area (Å²) in [6.45, 7) is 2.25. The summed E-state index contributed by atoms with van der Waals surface area (Å²) in [7, 11) is 0. The average Bonchev–Trinajstić information content (AvgIpc) is 2.69. The highest BCUT2D eigenvalue weighted by Crippen LogP contribution is 2.31. The van der Waals surface area contributed by atoms with Gasteiger partial charge in [-0.1, -0.05) is 6.92 Å². The van der Waals surface area contributed by atoms with Crippen LogP contribution in [0.4, 0.5) is 0 Å². The van der Waals surface area contributed by atoms with E-state index in [1.54, 1.807) is 11.4 Å². The molecule has 1 saturated carbocycles. The lowest BCUT2D eigenvalue weighted by Gasteiger charge is -2.26. The largest absolute Gasteiger partial charge is 0.489 e. The van der Waals surface area contributed by atoms with Gasteiger partial charge in [0.2, 0.25) is 0 Å². The number of rotatable bonds is 3. The first-order valence-corrected chi connectivity index (χ1v) is 6.52. The second-order valence-corrected chi connectivity index (χ2v) is 5.33. The van der Waals surface area contributed by atoms with Gasteiger partial charge in [-0.25, -0.2) is 4.79 Å². The summed E-state index contributed by atoms with van der Waals surface area (Å²) in [4.78, 5) is 11.2. The van der Waals surface area contributed by atoms with E-state index in [4.69, 9.17) is 9.84 Å². The number of carboxylic acid groups (broad SMARTS) is 1. The molecule has 0 atom stereocenters. The molecule has 0 radical (unpaired) electrons. The summed E-state index contributed by atoms with van der Waals surface area (Å²) in [6, 6.07) is 1.76. The first-order valence-electron chi connectivity index (χ1n) is 5.64. The highest BCUT2D eigenvalue weighted by molar-refractivity contribution is 7.12. The van der Waals surface area contributed by atoms with Crippen LogP contribution in [0.15, 0.2) is 11.4 Å². The number of carboxylic acids is 1. The summed E-state index contributed by atoms with van der Waals surface area (Å²) >= 11 is 1.22. The molecule has 1 fully saturated rings. The molecule has 0 amide bonds. The van der Waals surface area contributed by atoms with Crippen molar-refractivity contribution in [3.8, 4) is 5.75 Å². The van der Waals surface area contributed by atoms with E-state index in [0.29, 0.717) is 10.6 Å². The minimum Gasteiger partial charge on any atom is -0.489 e. The Bertz CT molecular complexity index is 364. The molecule has 3 nitrogen and oxygen atoms in total. The summed E-state index contributed by atoms with van der Waals surface area (Å²) in [5.74, 6) is 0.424. The molecule has 0 bridgehead atoms. The third-order valence-electron chi connectivity index (χ3n) is 3.08. The summed E-state index contributed by atoms with van der Waals surface area (Å²) in [5.41, 5.74) is 0. The second kappa shape index (κ2) is 4.87. The maximum absolute atomic E-state index is 10.9. The summed E-state index contributed by atoms with van der Waals surface area (Å²) < 4.78 is 5.77. The molecule has 1 aromatic rings. The van der Waals surface area contributed by atoms with Crippen molar-refractivity contribution in [3.63, 3.8) is 0 Å². The molecule has 16 heavy (non-hydrogen) atoms. The molecule has 4 heteroatoms. The van der Waals surface area contributed by atoms with Crippen molar-refractivity contribution in [2.45, 2.75) is 38.7 Å². The lowest BCUT2D eigenvalue weighted by atomic mass is 9.89. The molecule has 0 spiro atoms. The van der Waals surface area contributed by atoms with Crippen LogP contribution in [0.1, 0.15) is 42.3 Å². The van der Waals surface area contributed by atoms with Crippen molar-refractivity contribution >= 4 is 17.3 Å². The number of hydrogen-bond acceptors (Lipinski definition) is 3. The summed E-state index contributed by atoms with van der Waals surface area (Å²) in [5, 5.41) is 10.7. The van der Waals surface area contributed by atoms with Gasteiger partial charge in [0.15, 0.2) is 4.88 Å². The number of thiophene rings is 1. The zero-order valence-electron chi connectivity index (χ0n) is 9.31. The van der Waals surface area contributed by atoms with Crippen LogP contribution in [-0.2, 0) is 0 Å². The highest BCUT2D eigenvalue weighted by atomic mass is 32.1. The van der Waals surface area contributed by atoms with Crippen molar-refractivity contribution in [2.24, 2.45) is 5.92 Å². The lowest BCUT2D eigenvalue weighted by Crippen LogP contribution is -2.23. The standard InChI is InChI=1S/C12H16O3S/c1-8-2-4-9(5-3-8)15-10-6-7-16-11(10)12(13)14/h6-9H,2-5H2,1H3,(H,13,14). The van der Waals surface area contributed by atoms with Crippen LogP contribution in [0.5, 0.6) is 5.75 Å². The van der Waals surface area contributed by atoms with E-state index in [0.717, 1.165) is 18.8 Å². The molecule has 2 rings (SSSR count). The third kappa shape index (κ3) is 2.55. The van der Waals surface area contributed by atoms with Gasteiger partial charge in [-0.05, 0) is 43.0 Å². The number of ether oxygens (including phenoxy) is 1. The Morgan fingerprint density at radius 1 is 1.44 bits per heavy atom. The van der Waals surface area contributed by atoms with E-state index in [1.807, 2.05) is 0 Å². The Balaban J connectivity index is 1.98. The smallest absolute Gasteiger partial charge is 0.349 e. The Hall–Kier alpha value is -1.03. The predicted molar refractivity (Wildman–Crippen MR) is 63.3 cm³/mol. The topological polar surface area (TPSA) is 46.5 Å². The average molecular weight is 240 g/mol. The van der Waals surface area contributed by atoms with Gasteiger partial charge in [-0.15, -0.1) is 11.3 Å². The van der Waals surface area contributed by atoms with Crippen LogP contribution in [-0.4, -0.2) is 17.2 Å². The molecule has 1 N–H and O–H groups in total. The normalized spacial score (nSPS) is 25.3. The molecule has 88 valence electrons. The van der Waals surface area contributed by atoms with E-state index >= 15 is 0 Å². The quantitative estimate of drug-likeness (QED) is 0.880. The fraction of sp³-hybridized carbons (Fsp3) is 0.583. The molecule has 1 heterocycles. The lowest BCUT2D eigenvalue weighted by molar-refractivity contribution is 0.0690. The fourth-order valence-corrected chi connectivity index (χ4v) is 2.73. The maximum Gasteiger partial charge on any atom is 0.349 e. The molecule has 0 aromatic carbocycles. The third-order valence-corrected chi connectivity index (χ3v) is 3.96. The minimum absolute atomic E-state index is 0.198. The van der Waals surface area contributed by atoms with Crippen LogP contribution < -0.4 is 4.74 Å². The van der Waals surface area contributed by atoms with E-state index in [9.17, 15) is 4.79 Å². The van der Waals surface area contributed by atoms with Crippen molar-refractivity contribution in [1.82, 2.24) is 0 Å². The zero-order chi connectivity index (χ0) is 11.5. The van der Waals surface area contributed by atoms with Crippen LogP contribution in [0.2, 0.25) is 0 Å². The molecule has 0 saturated heterocycles. The monoisotopic (exact) mass is 240 g/mol. The second-order valence-electron chi connectivity index (χ2n) is 4.42. The molecule has 0 unspecified atom stereocenters. The summed E-state index contributed by atoms with van der Waals surface area (Å²) in [6.07, 6.45) is 4.63. The molecular weight excluding hydrogens is 224 g/mol. The van der Waals surface area contributed by atoms with Crippen LogP contribution in [0.3, 0.4) is 0 Å². The molecule has 1 aliphatic rings. The first-order chi connectivity index (χ1) is 7.66. The van der Waals surface area contributed by atoms with Gasteiger partial charge in [-0.3, -0.25) is 0 Å². The van der Waals surface area contributed by atoms with E-state index < -0.39 is 5.97 Å². The van der Waals surface area contributed by atoms with Gasteiger partial charge < -0.3 is 9.84 Å². The van der Waals surface area contributed by atoms with Gasteiger partial charge >= 0.3 is 5.97 Å². The van der Waals surface area contributed by atoms with E-state index in [-0.39, 0.29) is 6.10 Å². The molecule has 1 aliphatic carbocycles. The first kappa shape index (κ1) is 11.5. The Morgan fingerprint density at radius 2 is 2.12 bits per heavy atom. The Labute approximate surface area is 99.1 Å². The Morgan fingerprint density at radius 3 is 2.75 bits per heavy atom. The van der Waals surface area contributed by atoms with Gasteiger partial charge in [0.25, 0.3) is 0 Å². The Kier molecular flexibility index (Phi) is 3.49. The van der Waals surface area contributed by atoms with E-state index in [1.165, 1.54) is 24.2 Å². The number of hydrogen-bond donors (Lipinski definition) is 1. The fourth-order valence-electron chi connectivity index (χ4n) is 2.07. The van der Waals surface area contributed by atoms with E-state index in [2.05, 4.69) is 6.92 Å². The molecular formula is C12H16O3S. The van der Waals surface area contributed by atoms with Gasteiger partial charge in [0.05, 0.1) is 6.10 Å². The molecule has 1 aromatic heterocycles. The zero-order valence-corrected chi connectivity index (χ0v) is 10.1. The predicted octanol–water partition coefficient (Wildman–Crippen LogP) is 3.40. The maximum atomic E-state index is 10.9. The van der Waals surface area contributed by atoms with Crippen LogP contribution in [0.25, 0.3) is 0 Å².